The maximum atomic E-state index is 11.7. The van der Waals surface area contributed by atoms with Crippen LogP contribution in [0.25, 0.3) is 0 Å². The fourth-order valence-electron chi connectivity index (χ4n) is 2.35. The van der Waals surface area contributed by atoms with Gasteiger partial charge < -0.3 is 4.90 Å². The highest BCUT2D eigenvalue weighted by molar-refractivity contribution is 7.11. The summed E-state index contributed by atoms with van der Waals surface area (Å²) < 4.78 is 0. The van der Waals surface area contributed by atoms with E-state index in [1.807, 2.05) is 6.92 Å². The maximum Gasteiger partial charge on any atom is 0.344 e. The number of hydroxylamine groups is 2. The average molecular weight is 240 g/mol. The molecule has 0 spiro atoms. The van der Waals surface area contributed by atoms with Crippen LogP contribution in [0.15, 0.2) is 0 Å². The zero-order valence-corrected chi connectivity index (χ0v) is 9.65. The van der Waals surface area contributed by atoms with E-state index in [2.05, 4.69) is 10.2 Å². The summed E-state index contributed by atoms with van der Waals surface area (Å²) in [6.45, 7) is 2.50. The van der Waals surface area contributed by atoms with Gasteiger partial charge in [0.1, 0.15) is 10.0 Å². The molecule has 0 aliphatic carbocycles. The van der Waals surface area contributed by atoms with Crippen LogP contribution in [0.5, 0.6) is 0 Å². The number of carbonyl (C=O) groups excluding carboxylic acids is 1. The SMILES string of the molecule is Cc1nnc([C@H]2CC[C@@H]3CN2C(=O)N3O)s1. The lowest BCUT2D eigenvalue weighted by Gasteiger charge is -2.28. The second kappa shape index (κ2) is 3.39. The minimum atomic E-state index is -0.305. The Hall–Kier alpha value is -1.21. The predicted molar refractivity (Wildman–Crippen MR) is 56.1 cm³/mol. The molecule has 2 bridgehead atoms. The Kier molecular flexibility index (Phi) is 2.11. The first-order chi connectivity index (χ1) is 7.66. The molecule has 3 heterocycles. The number of hydrogen-bond acceptors (Lipinski definition) is 5. The van der Waals surface area contributed by atoms with E-state index in [1.54, 1.807) is 4.90 Å². The number of carbonyl (C=O) groups is 1. The van der Waals surface area contributed by atoms with Crippen molar-refractivity contribution in [3.05, 3.63) is 10.0 Å². The van der Waals surface area contributed by atoms with E-state index in [-0.39, 0.29) is 18.1 Å². The third-order valence-electron chi connectivity index (χ3n) is 3.17. The summed E-state index contributed by atoms with van der Waals surface area (Å²) in [6.07, 6.45) is 1.67. The number of amides is 2. The fourth-order valence-corrected chi connectivity index (χ4v) is 3.20. The minimum absolute atomic E-state index is 0.00731. The molecule has 1 aromatic heterocycles. The van der Waals surface area contributed by atoms with Crippen molar-refractivity contribution in [2.75, 3.05) is 6.54 Å². The fraction of sp³-hybridized carbons (Fsp3) is 0.667. The number of hydrogen-bond donors (Lipinski definition) is 1. The van der Waals surface area contributed by atoms with Gasteiger partial charge in [-0.05, 0) is 19.8 Å². The highest BCUT2D eigenvalue weighted by Crippen LogP contribution is 2.38. The van der Waals surface area contributed by atoms with Crippen LogP contribution in [0.1, 0.15) is 28.9 Å². The molecule has 2 saturated heterocycles. The summed E-state index contributed by atoms with van der Waals surface area (Å²) in [5, 5.41) is 20.2. The largest absolute Gasteiger partial charge is 0.344 e. The number of aryl methyl sites for hydroxylation is 1. The minimum Gasteiger partial charge on any atom is -0.311 e. The van der Waals surface area contributed by atoms with Crippen molar-refractivity contribution in [2.45, 2.75) is 31.8 Å². The van der Waals surface area contributed by atoms with E-state index in [4.69, 9.17) is 0 Å². The van der Waals surface area contributed by atoms with Gasteiger partial charge in [-0.25, -0.2) is 9.86 Å². The van der Waals surface area contributed by atoms with Crippen LogP contribution < -0.4 is 0 Å². The van der Waals surface area contributed by atoms with Crippen molar-refractivity contribution in [1.29, 1.82) is 0 Å². The molecular weight excluding hydrogens is 228 g/mol. The Morgan fingerprint density at radius 1 is 1.44 bits per heavy atom. The van der Waals surface area contributed by atoms with Gasteiger partial charge in [0.25, 0.3) is 0 Å². The van der Waals surface area contributed by atoms with Gasteiger partial charge in [-0.15, -0.1) is 10.2 Å². The Balaban J connectivity index is 1.90. The van der Waals surface area contributed by atoms with Crippen molar-refractivity contribution >= 4 is 17.4 Å². The normalized spacial score (nSPS) is 29.0. The molecule has 0 radical (unpaired) electrons. The third-order valence-corrected chi connectivity index (χ3v) is 4.11. The number of nitrogens with zero attached hydrogens (tertiary/aromatic N) is 4. The number of aromatic nitrogens is 2. The van der Waals surface area contributed by atoms with E-state index in [9.17, 15) is 10.0 Å². The summed E-state index contributed by atoms with van der Waals surface area (Å²) in [5.41, 5.74) is 0. The lowest BCUT2D eigenvalue weighted by molar-refractivity contribution is -0.0584. The topological polar surface area (TPSA) is 69.6 Å². The first-order valence-electron chi connectivity index (χ1n) is 5.25. The highest BCUT2D eigenvalue weighted by atomic mass is 32.1. The number of fused-ring (bicyclic) bond motifs is 2. The van der Waals surface area contributed by atoms with E-state index in [0.29, 0.717) is 6.54 Å². The molecule has 2 aliphatic heterocycles. The van der Waals surface area contributed by atoms with Crippen molar-refractivity contribution < 1.29 is 10.0 Å². The van der Waals surface area contributed by atoms with Crippen molar-refractivity contribution in [3.63, 3.8) is 0 Å². The molecule has 86 valence electrons. The predicted octanol–water partition coefficient (Wildman–Crippen LogP) is 1.18. The molecule has 0 unspecified atom stereocenters. The molecular formula is C9H12N4O2S. The van der Waals surface area contributed by atoms with Gasteiger partial charge in [0.2, 0.25) is 0 Å². The molecule has 2 amide bonds. The van der Waals surface area contributed by atoms with E-state index < -0.39 is 0 Å². The van der Waals surface area contributed by atoms with Crippen molar-refractivity contribution in [2.24, 2.45) is 0 Å². The van der Waals surface area contributed by atoms with E-state index in [1.165, 1.54) is 11.3 Å². The van der Waals surface area contributed by atoms with Gasteiger partial charge in [-0.3, -0.25) is 5.21 Å². The molecule has 2 aliphatic rings. The molecule has 3 rings (SSSR count). The van der Waals surface area contributed by atoms with E-state index >= 15 is 0 Å². The van der Waals surface area contributed by atoms with Crippen LogP contribution in [0, 0.1) is 6.92 Å². The summed E-state index contributed by atoms with van der Waals surface area (Å²) in [4.78, 5) is 13.4. The second-order valence-corrected chi connectivity index (χ2v) is 5.40. The van der Waals surface area contributed by atoms with Crippen LogP contribution in [0.4, 0.5) is 4.79 Å². The summed E-state index contributed by atoms with van der Waals surface area (Å²) in [5.74, 6) is 0. The van der Waals surface area contributed by atoms with Crippen LogP contribution in [-0.4, -0.2) is 44.0 Å². The molecule has 2 atom stereocenters. The summed E-state index contributed by atoms with van der Waals surface area (Å²) in [7, 11) is 0. The average Bonchev–Trinajstić information content (AvgIpc) is 2.80. The zero-order valence-electron chi connectivity index (χ0n) is 8.83. The molecule has 0 aromatic carbocycles. The monoisotopic (exact) mass is 240 g/mol. The van der Waals surface area contributed by atoms with Gasteiger partial charge in [0, 0.05) is 6.54 Å². The Bertz CT molecular complexity index is 435. The first-order valence-corrected chi connectivity index (χ1v) is 6.07. The van der Waals surface area contributed by atoms with E-state index in [0.717, 1.165) is 27.9 Å². The van der Waals surface area contributed by atoms with Crippen molar-refractivity contribution in [1.82, 2.24) is 20.2 Å². The molecule has 1 aromatic rings. The molecule has 6 nitrogen and oxygen atoms in total. The Labute approximate surface area is 96.5 Å². The Morgan fingerprint density at radius 2 is 2.25 bits per heavy atom. The third kappa shape index (κ3) is 1.31. The second-order valence-electron chi connectivity index (χ2n) is 4.19. The molecule has 0 saturated carbocycles. The van der Waals surface area contributed by atoms with Gasteiger partial charge in [-0.1, -0.05) is 11.3 Å². The maximum absolute atomic E-state index is 11.7. The standard InChI is InChI=1S/C9H12N4O2S/c1-5-10-11-8(16-5)7-3-2-6-4-12(7)9(14)13(6)15/h6-7,15H,2-4H2,1H3/t6-,7-/m1/s1. The zero-order chi connectivity index (χ0) is 11.3. The number of urea groups is 1. The van der Waals surface area contributed by atoms with Gasteiger partial charge >= 0.3 is 6.03 Å². The van der Waals surface area contributed by atoms with Gasteiger partial charge in [0.05, 0.1) is 12.1 Å². The highest BCUT2D eigenvalue weighted by Gasteiger charge is 2.45. The van der Waals surface area contributed by atoms with Crippen LogP contribution >= 0.6 is 11.3 Å². The number of rotatable bonds is 1. The van der Waals surface area contributed by atoms with Crippen LogP contribution in [-0.2, 0) is 0 Å². The molecule has 16 heavy (non-hydrogen) atoms. The quantitative estimate of drug-likeness (QED) is 0.748. The summed E-state index contributed by atoms with van der Waals surface area (Å²) in [6, 6.07) is -0.356. The molecule has 2 fully saturated rings. The summed E-state index contributed by atoms with van der Waals surface area (Å²) >= 11 is 1.52. The van der Waals surface area contributed by atoms with Crippen LogP contribution in [0.3, 0.4) is 0 Å². The Morgan fingerprint density at radius 3 is 2.94 bits per heavy atom. The van der Waals surface area contributed by atoms with Gasteiger partial charge in [-0.2, -0.15) is 0 Å². The van der Waals surface area contributed by atoms with Crippen molar-refractivity contribution in [3.8, 4) is 0 Å². The smallest absolute Gasteiger partial charge is 0.311 e. The number of piperidine rings is 1. The lowest BCUT2D eigenvalue weighted by atomic mass is 10.0. The van der Waals surface area contributed by atoms with Gasteiger partial charge in [0.15, 0.2) is 0 Å². The molecule has 1 N–H and O–H groups in total. The lowest BCUT2D eigenvalue weighted by Crippen LogP contribution is -2.33. The first kappa shape index (κ1) is 9.98. The molecule has 7 heteroatoms. The van der Waals surface area contributed by atoms with Crippen LogP contribution in [0.2, 0.25) is 0 Å².